The minimum atomic E-state index is -0.314. The minimum absolute atomic E-state index is 0.0401. The summed E-state index contributed by atoms with van der Waals surface area (Å²) in [7, 11) is 1.58. The molecule has 1 aromatic rings. The molecule has 1 fully saturated rings. The number of carbonyl (C=O) groups is 2. The quantitative estimate of drug-likeness (QED) is 0.865. The lowest BCUT2D eigenvalue weighted by atomic mass is 10.2. The van der Waals surface area contributed by atoms with Gasteiger partial charge in [0.2, 0.25) is 5.91 Å². The summed E-state index contributed by atoms with van der Waals surface area (Å²) in [5.74, 6) is -0.359. The van der Waals surface area contributed by atoms with E-state index in [1.54, 1.807) is 11.9 Å². The van der Waals surface area contributed by atoms with E-state index in [0.29, 0.717) is 5.56 Å². The van der Waals surface area contributed by atoms with Gasteiger partial charge in [0.15, 0.2) is 0 Å². The highest BCUT2D eigenvalue weighted by molar-refractivity contribution is 6.39. The molecule has 1 saturated heterocycles. The zero-order valence-electron chi connectivity index (χ0n) is 11.7. The smallest absolute Gasteiger partial charge is 0.254 e. The molecular formula is C14H17Cl2N3O2. The number of carbonyl (C=O) groups excluding carboxylic acids is 2. The van der Waals surface area contributed by atoms with Crippen molar-refractivity contribution in [2.75, 3.05) is 32.4 Å². The second-order valence-corrected chi connectivity index (χ2v) is 5.92. The molecule has 2 rings (SSSR count). The van der Waals surface area contributed by atoms with E-state index in [9.17, 15) is 9.59 Å². The van der Waals surface area contributed by atoms with Gasteiger partial charge in [-0.2, -0.15) is 0 Å². The van der Waals surface area contributed by atoms with Gasteiger partial charge in [-0.3, -0.25) is 9.59 Å². The molecule has 5 nitrogen and oxygen atoms in total. The van der Waals surface area contributed by atoms with E-state index in [1.807, 2.05) is 0 Å². The third-order valence-corrected chi connectivity index (χ3v) is 4.13. The molecule has 0 radical (unpaired) electrons. The number of likely N-dealkylation sites (N-methyl/N-ethyl adjacent to an activating group) is 1. The Labute approximate surface area is 133 Å². The van der Waals surface area contributed by atoms with Crippen molar-refractivity contribution >= 4 is 40.7 Å². The molecule has 7 heteroatoms. The van der Waals surface area contributed by atoms with Crippen LogP contribution in [0.15, 0.2) is 12.1 Å². The number of rotatable bonds is 3. The topological polar surface area (TPSA) is 66.6 Å². The fourth-order valence-corrected chi connectivity index (χ4v) is 2.76. The third-order valence-electron chi connectivity index (χ3n) is 3.50. The number of likely N-dealkylation sites (tertiary alicyclic amines) is 1. The van der Waals surface area contributed by atoms with Gasteiger partial charge in [0.1, 0.15) is 0 Å². The first kappa shape index (κ1) is 15.9. The standard InChI is InChI=1S/C14H17Cl2N3O2/c1-18(8-12(20)19-4-2-3-5-19)14(21)9-6-10(15)13(17)11(16)7-9/h6-7H,2-5,8,17H2,1H3. The lowest BCUT2D eigenvalue weighted by Gasteiger charge is -2.21. The maximum absolute atomic E-state index is 12.3. The highest BCUT2D eigenvalue weighted by Gasteiger charge is 2.22. The molecule has 0 unspecified atom stereocenters. The summed E-state index contributed by atoms with van der Waals surface area (Å²) in [5, 5.41) is 0.454. The summed E-state index contributed by atoms with van der Waals surface area (Å²) >= 11 is 11.8. The molecule has 0 aromatic heterocycles. The van der Waals surface area contributed by atoms with Gasteiger partial charge >= 0.3 is 0 Å². The van der Waals surface area contributed by atoms with Crippen LogP contribution in [-0.4, -0.2) is 48.3 Å². The van der Waals surface area contributed by atoms with Crippen molar-refractivity contribution < 1.29 is 9.59 Å². The summed E-state index contributed by atoms with van der Waals surface area (Å²) in [6.45, 7) is 1.57. The van der Waals surface area contributed by atoms with Crippen molar-refractivity contribution in [1.82, 2.24) is 9.80 Å². The van der Waals surface area contributed by atoms with E-state index in [-0.39, 0.29) is 34.1 Å². The Morgan fingerprint density at radius 2 is 1.76 bits per heavy atom. The van der Waals surface area contributed by atoms with E-state index in [2.05, 4.69) is 0 Å². The van der Waals surface area contributed by atoms with Gasteiger partial charge in [0, 0.05) is 25.7 Å². The first-order chi connectivity index (χ1) is 9.90. The average Bonchev–Trinajstić information content (AvgIpc) is 2.97. The van der Waals surface area contributed by atoms with Crippen LogP contribution in [0.25, 0.3) is 0 Å². The first-order valence-corrected chi connectivity index (χ1v) is 7.43. The van der Waals surface area contributed by atoms with E-state index >= 15 is 0 Å². The maximum atomic E-state index is 12.3. The van der Waals surface area contributed by atoms with Crippen LogP contribution in [0.1, 0.15) is 23.2 Å². The van der Waals surface area contributed by atoms with E-state index in [1.165, 1.54) is 17.0 Å². The average molecular weight is 330 g/mol. The highest BCUT2D eigenvalue weighted by atomic mass is 35.5. The monoisotopic (exact) mass is 329 g/mol. The maximum Gasteiger partial charge on any atom is 0.254 e. The predicted octanol–water partition coefficient (Wildman–Crippen LogP) is 2.27. The van der Waals surface area contributed by atoms with Crippen LogP contribution in [0.2, 0.25) is 10.0 Å². The number of benzene rings is 1. The second kappa shape index (κ2) is 6.54. The molecule has 2 N–H and O–H groups in total. The Morgan fingerprint density at radius 3 is 2.29 bits per heavy atom. The number of halogens is 2. The lowest BCUT2D eigenvalue weighted by molar-refractivity contribution is -0.130. The number of hydrogen-bond acceptors (Lipinski definition) is 3. The van der Waals surface area contributed by atoms with Crippen LogP contribution < -0.4 is 5.73 Å². The van der Waals surface area contributed by atoms with Gasteiger partial charge in [0.05, 0.1) is 22.3 Å². The predicted molar refractivity (Wildman–Crippen MR) is 83.6 cm³/mol. The zero-order valence-corrected chi connectivity index (χ0v) is 13.2. The molecule has 114 valence electrons. The molecule has 0 saturated carbocycles. The second-order valence-electron chi connectivity index (χ2n) is 5.10. The molecule has 1 heterocycles. The van der Waals surface area contributed by atoms with E-state index < -0.39 is 0 Å². The summed E-state index contributed by atoms with van der Waals surface area (Å²) in [5.41, 5.74) is 6.20. The number of nitrogens with zero attached hydrogens (tertiary/aromatic N) is 2. The Kier molecular flexibility index (Phi) is 4.96. The van der Waals surface area contributed by atoms with Crippen molar-refractivity contribution in [3.8, 4) is 0 Å². The summed E-state index contributed by atoms with van der Waals surface area (Å²) in [6.07, 6.45) is 2.04. The van der Waals surface area contributed by atoms with Crippen molar-refractivity contribution in [3.63, 3.8) is 0 Å². The molecule has 2 amide bonds. The Morgan fingerprint density at radius 1 is 1.24 bits per heavy atom. The van der Waals surface area contributed by atoms with Gasteiger partial charge in [-0.1, -0.05) is 23.2 Å². The molecule has 21 heavy (non-hydrogen) atoms. The Hall–Kier alpha value is -1.46. The molecule has 1 aliphatic rings. The van der Waals surface area contributed by atoms with Crippen LogP contribution in [0, 0.1) is 0 Å². The Bertz CT molecular complexity index is 548. The first-order valence-electron chi connectivity index (χ1n) is 6.68. The van der Waals surface area contributed by atoms with Crippen molar-refractivity contribution in [3.05, 3.63) is 27.7 Å². The minimum Gasteiger partial charge on any atom is -0.396 e. The normalized spacial score (nSPS) is 14.3. The van der Waals surface area contributed by atoms with Crippen LogP contribution >= 0.6 is 23.2 Å². The summed E-state index contributed by atoms with van der Waals surface area (Å²) in [4.78, 5) is 27.5. The van der Waals surface area contributed by atoms with E-state index in [0.717, 1.165) is 25.9 Å². The van der Waals surface area contributed by atoms with Gasteiger partial charge in [0.25, 0.3) is 5.91 Å². The molecule has 0 aliphatic carbocycles. The van der Waals surface area contributed by atoms with Crippen molar-refractivity contribution in [2.24, 2.45) is 0 Å². The van der Waals surface area contributed by atoms with Crippen LogP contribution in [-0.2, 0) is 4.79 Å². The van der Waals surface area contributed by atoms with Crippen molar-refractivity contribution in [2.45, 2.75) is 12.8 Å². The van der Waals surface area contributed by atoms with Crippen LogP contribution in [0.3, 0.4) is 0 Å². The third kappa shape index (κ3) is 3.60. The van der Waals surface area contributed by atoms with Gasteiger partial charge in [-0.25, -0.2) is 0 Å². The zero-order chi connectivity index (χ0) is 15.6. The van der Waals surface area contributed by atoms with Gasteiger partial charge in [-0.15, -0.1) is 0 Å². The molecule has 0 atom stereocenters. The van der Waals surface area contributed by atoms with Gasteiger partial charge in [-0.05, 0) is 25.0 Å². The molecule has 0 bridgehead atoms. The molecular weight excluding hydrogens is 313 g/mol. The number of anilines is 1. The number of hydrogen-bond donors (Lipinski definition) is 1. The SMILES string of the molecule is CN(CC(=O)N1CCCC1)C(=O)c1cc(Cl)c(N)c(Cl)c1. The Balaban J connectivity index is 2.06. The number of amides is 2. The number of nitrogens with two attached hydrogens (primary N) is 1. The lowest BCUT2D eigenvalue weighted by Crippen LogP contribution is -2.39. The van der Waals surface area contributed by atoms with Crippen LogP contribution in [0.4, 0.5) is 5.69 Å². The molecule has 1 aromatic carbocycles. The largest absolute Gasteiger partial charge is 0.396 e. The fourth-order valence-electron chi connectivity index (χ4n) is 2.27. The number of nitrogen functional groups attached to an aromatic ring is 1. The summed E-state index contributed by atoms with van der Waals surface area (Å²) < 4.78 is 0. The molecule has 0 spiro atoms. The fraction of sp³-hybridized carbons (Fsp3) is 0.429. The molecule has 1 aliphatic heterocycles. The van der Waals surface area contributed by atoms with Gasteiger partial charge < -0.3 is 15.5 Å². The van der Waals surface area contributed by atoms with Crippen molar-refractivity contribution in [1.29, 1.82) is 0 Å². The summed E-state index contributed by atoms with van der Waals surface area (Å²) in [6, 6.07) is 2.92. The van der Waals surface area contributed by atoms with Crippen LogP contribution in [0.5, 0.6) is 0 Å². The van der Waals surface area contributed by atoms with E-state index in [4.69, 9.17) is 28.9 Å². The highest BCUT2D eigenvalue weighted by Crippen LogP contribution is 2.29.